The van der Waals surface area contributed by atoms with Gasteiger partial charge in [0.25, 0.3) is 0 Å². The zero-order chi connectivity index (χ0) is 88.2. The van der Waals surface area contributed by atoms with Crippen LogP contribution in [0.5, 0.6) is 0 Å². The van der Waals surface area contributed by atoms with Crippen LogP contribution >= 0.6 is 31.9 Å². The van der Waals surface area contributed by atoms with Gasteiger partial charge in [-0.2, -0.15) is 31.6 Å². The molecule has 0 aliphatic rings. The summed E-state index contributed by atoms with van der Waals surface area (Å²) in [6.45, 7) is 0. The van der Waals surface area contributed by atoms with E-state index in [-0.39, 0.29) is 21.7 Å². The Labute approximate surface area is 774 Å². The molecule has 2 N–H and O–H groups in total. The Bertz CT molecular complexity index is 9240. The SMILES string of the molecule is C.N#Cc1ccc2[nH]c3ccccc3c2c1.N#Cc1ccc2c(c1)c1ccccc1n2-c1cc(-c2ccccc2C#N)cc(-n2c3ccccc3c3c4oc5ccccc5c4ccc32)c1.N#Cc1ccc2c(c1)c1ccccc1n2-c1cc(Br)cc(-c2ccccc2C#N)c1.N#Cc1ccccc1-c1cc(F)cc(Br)c1.[B].c1ccc2c(c1)[nH]c1ccc3c4ccccc4oc3c12. The highest BCUT2D eigenvalue weighted by Gasteiger charge is 2.24. The van der Waals surface area contributed by atoms with Crippen LogP contribution in [0.1, 0.15) is 40.8 Å². The van der Waals surface area contributed by atoms with E-state index in [0.29, 0.717) is 43.4 Å². The van der Waals surface area contributed by atoms with Crippen LogP contribution in [0.15, 0.2) is 394 Å². The van der Waals surface area contributed by atoms with Crippen molar-refractivity contribution in [1.82, 2.24) is 23.7 Å². The molecule has 7 heterocycles. The van der Waals surface area contributed by atoms with Crippen LogP contribution in [-0.4, -0.2) is 32.1 Å². The van der Waals surface area contributed by atoms with Gasteiger partial charge >= 0.3 is 0 Å². The van der Waals surface area contributed by atoms with E-state index in [2.05, 4.69) is 238 Å². The number of nitriles is 6. The number of aromatic amines is 2. The van der Waals surface area contributed by atoms with Crippen molar-refractivity contribution in [3.63, 3.8) is 0 Å². The molecule has 0 aliphatic carbocycles. The summed E-state index contributed by atoms with van der Waals surface area (Å²) in [5.41, 5.74) is 26.1. The van der Waals surface area contributed by atoms with Crippen LogP contribution in [0.3, 0.4) is 0 Å². The third-order valence-corrected chi connectivity index (χ3v) is 24.8. The molecule has 18 aromatic carbocycles. The minimum atomic E-state index is -0.322. The van der Waals surface area contributed by atoms with Gasteiger partial charge in [0.05, 0.1) is 119 Å². The Morgan fingerprint density at radius 3 is 1.12 bits per heavy atom. The third-order valence-electron chi connectivity index (χ3n) is 23.9. The number of halogens is 3. The predicted octanol–water partition coefficient (Wildman–Crippen LogP) is 30.9. The Morgan fingerprint density at radius 2 is 0.606 bits per heavy atom. The van der Waals surface area contributed by atoms with Gasteiger partial charge in [0.2, 0.25) is 0 Å². The second kappa shape index (κ2) is 35.4. The van der Waals surface area contributed by atoms with Gasteiger partial charge in [0.1, 0.15) is 28.1 Å². The standard InChI is InChI=1S/C44H24N4O.C26H14BrN3.C18H11NO.C13H7BrFN.C13H8N2.CH4.B/c45-25-27-17-19-40-37(21-27)33-11-3-6-14-38(33)47(40)30-22-29(32-10-2-1-9-28(32)26-46)23-31(24-30)48-39-15-7-4-13-36(39)43-41(48)20-18-35-34-12-5-8-16-42(34)49-44(35)43;27-20-12-19(22-6-2-1-5-18(22)16-29)13-21(14-20)30-25-8-4-3-7-23(25)24-11-17(15-28)9-10-26(24)30;1-3-7-14-13(6-1)17-15(19-14)10-9-12-11-5-2-4-8-16(11)20-18(12)17;14-11-5-10(6-12(15)7-11)13-4-2-1-3-9(13)8-16;14-8-9-5-6-13-11(7-9)10-3-1-2-4-12(10)15-13;;/h1-24H;1-14H;1-10,19H;1-7H;1-7,15H;1H4;. The summed E-state index contributed by atoms with van der Waals surface area (Å²) >= 11 is 6.89. The van der Waals surface area contributed by atoms with Gasteiger partial charge in [-0.25, -0.2) is 4.39 Å². The molecule has 0 amide bonds. The fraction of sp³-hybridized carbons (Fsp3) is 0.00870. The van der Waals surface area contributed by atoms with Crippen LogP contribution in [-0.2, 0) is 0 Å². The number of nitrogens with zero attached hydrogens (tertiary/aromatic N) is 9. The summed E-state index contributed by atoms with van der Waals surface area (Å²) in [6.07, 6.45) is 0. The minimum Gasteiger partial charge on any atom is -0.455 e. The molecule has 0 saturated heterocycles. The summed E-state index contributed by atoms with van der Waals surface area (Å²) in [6, 6.07) is 137. The van der Waals surface area contributed by atoms with Crippen LogP contribution in [0.2, 0.25) is 0 Å². The first kappa shape index (κ1) is 84.0. The van der Waals surface area contributed by atoms with Crippen molar-refractivity contribution < 1.29 is 13.2 Å². The maximum atomic E-state index is 13.2. The van der Waals surface area contributed by atoms with Gasteiger partial charge < -0.3 is 32.5 Å². The molecular formula is C115H68BBr2FN11O2. The second-order valence-electron chi connectivity index (χ2n) is 31.4. The highest BCUT2D eigenvalue weighted by atomic mass is 79.9. The van der Waals surface area contributed by atoms with Crippen molar-refractivity contribution in [2.75, 3.05) is 0 Å². The fourth-order valence-electron chi connectivity index (χ4n) is 18.3. The average molecular weight is 1830 g/mol. The van der Waals surface area contributed by atoms with Crippen molar-refractivity contribution in [2.45, 2.75) is 7.43 Å². The molecule has 25 aromatic rings. The van der Waals surface area contributed by atoms with Crippen LogP contribution < -0.4 is 0 Å². The molecule has 25 rings (SSSR count). The number of fused-ring (bicyclic) bond motifs is 23. The van der Waals surface area contributed by atoms with E-state index in [0.717, 1.165) is 175 Å². The first-order chi connectivity index (χ1) is 63.9. The van der Waals surface area contributed by atoms with Gasteiger partial charge in [0.15, 0.2) is 0 Å². The third kappa shape index (κ3) is 15.0. The smallest absolute Gasteiger partial charge is 0.145 e. The van der Waals surface area contributed by atoms with E-state index in [1.807, 2.05) is 194 Å². The Balaban J connectivity index is 0.000000115. The summed E-state index contributed by atoms with van der Waals surface area (Å²) < 4.78 is 34.3. The first-order valence-electron chi connectivity index (χ1n) is 41.7. The first-order valence-corrected chi connectivity index (χ1v) is 43.3. The number of para-hydroxylation sites is 7. The van der Waals surface area contributed by atoms with E-state index in [1.54, 1.807) is 24.3 Å². The molecule has 17 heteroatoms. The zero-order valence-electron chi connectivity index (χ0n) is 69.3. The summed E-state index contributed by atoms with van der Waals surface area (Å²) in [5.74, 6) is -0.322. The molecule has 0 unspecified atom stereocenters. The zero-order valence-corrected chi connectivity index (χ0v) is 72.5. The Hall–Kier alpha value is -17.5. The molecule has 132 heavy (non-hydrogen) atoms. The highest BCUT2D eigenvalue weighted by Crippen LogP contribution is 2.45. The van der Waals surface area contributed by atoms with Crippen LogP contribution in [0.4, 0.5) is 4.39 Å². The van der Waals surface area contributed by atoms with Gasteiger partial charge in [-0.15, -0.1) is 0 Å². The lowest BCUT2D eigenvalue weighted by Crippen LogP contribution is -2.00. The van der Waals surface area contributed by atoms with Crippen LogP contribution in [0.25, 0.3) is 203 Å². The molecule has 13 nitrogen and oxygen atoms in total. The van der Waals surface area contributed by atoms with Gasteiger partial charge in [-0.05, 0) is 228 Å². The van der Waals surface area contributed by atoms with Gasteiger partial charge in [0, 0.05) is 116 Å². The number of furan rings is 2. The topological polar surface area (TPSA) is 215 Å². The van der Waals surface area contributed by atoms with E-state index < -0.39 is 0 Å². The molecule has 0 atom stereocenters. The molecule has 0 fully saturated rings. The summed E-state index contributed by atoms with van der Waals surface area (Å²) in [4.78, 5) is 6.77. The van der Waals surface area contributed by atoms with E-state index in [9.17, 15) is 25.4 Å². The molecule has 0 aliphatic heterocycles. The molecule has 619 valence electrons. The lowest BCUT2D eigenvalue weighted by molar-refractivity contribution is 0.627. The number of rotatable bonds is 6. The molecule has 0 bridgehead atoms. The lowest BCUT2D eigenvalue weighted by atomic mass is 9.99. The number of hydrogen-bond acceptors (Lipinski definition) is 8. The Kier molecular flexibility index (Phi) is 22.5. The highest BCUT2D eigenvalue weighted by molar-refractivity contribution is 9.10. The minimum absolute atomic E-state index is 0. The second-order valence-corrected chi connectivity index (χ2v) is 33.3. The quantitative estimate of drug-likeness (QED) is 0.152. The van der Waals surface area contributed by atoms with E-state index in [1.165, 1.54) is 39.1 Å². The summed E-state index contributed by atoms with van der Waals surface area (Å²) in [7, 11) is 0. The van der Waals surface area contributed by atoms with E-state index >= 15 is 0 Å². The van der Waals surface area contributed by atoms with Crippen molar-refractivity contribution in [1.29, 1.82) is 31.6 Å². The predicted molar refractivity (Wildman–Crippen MR) is 541 cm³/mol. The molecule has 3 radical (unpaired) electrons. The normalized spacial score (nSPS) is 11.0. The number of benzene rings is 18. The maximum Gasteiger partial charge on any atom is 0.145 e. The van der Waals surface area contributed by atoms with Gasteiger partial charge in [-0.1, -0.05) is 221 Å². The average Bonchev–Trinajstić information content (AvgIpc) is 1.54. The monoisotopic (exact) mass is 1820 g/mol. The number of hydrogen-bond donors (Lipinski definition) is 2. The number of aromatic nitrogens is 5. The van der Waals surface area contributed by atoms with Crippen molar-refractivity contribution in [3.8, 4) is 86.9 Å². The van der Waals surface area contributed by atoms with Crippen molar-refractivity contribution >= 4 is 193 Å². The largest absolute Gasteiger partial charge is 0.455 e. The van der Waals surface area contributed by atoms with Crippen molar-refractivity contribution in [3.05, 3.63) is 424 Å². The summed E-state index contributed by atoms with van der Waals surface area (Å²) in [5, 5.41) is 72.2. The number of H-pyrrole nitrogens is 2. The molecule has 7 aromatic heterocycles. The number of nitrogens with one attached hydrogen (secondary N) is 2. The van der Waals surface area contributed by atoms with Gasteiger partial charge in [-0.3, -0.25) is 0 Å². The van der Waals surface area contributed by atoms with Crippen LogP contribution in [0, 0.1) is 73.8 Å². The van der Waals surface area contributed by atoms with E-state index in [4.69, 9.17) is 19.4 Å². The van der Waals surface area contributed by atoms with Crippen molar-refractivity contribution in [2.24, 2.45) is 0 Å². The Morgan fingerprint density at radius 1 is 0.258 bits per heavy atom. The maximum absolute atomic E-state index is 13.2. The fourth-order valence-corrected chi connectivity index (χ4v) is 19.2. The molecule has 0 spiro atoms. The molecule has 0 saturated carbocycles. The lowest BCUT2D eigenvalue weighted by Gasteiger charge is -2.16. The molecular weight excluding hydrogens is 1760 g/mol.